The quantitative estimate of drug-likeness (QED) is 0.685. The highest BCUT2D eigenvalue weighted by Gasteiger charge is 2.30. The van der Waals surface area contributed by atoms with Crippen molar-refractivity contribution in [2.75, 3.05) is 11.5 Å². The topological polar surface area (TPSA) is 66.4 Å². The van der Waals surface area contributed by atoms with Gasteiger partial charge in [0.2, 0.25) is 5.91 Å². The molecular weight excluding hydrogens is 238 g/mol. The van der Waals surface area contributed by atoms with Gasteiger partial charge in [0.25, 0.3) is 0 Å². The zero-order valence-electron chi connectivity index (χ0n) is 10.3. The number of thioether (sulfide) groups is 1. The number of hydrogen-bond acceptors (Lipinski definition) is 3. The first-order valence-electron chi connectivity index (χ1n) is 6.23. The molecule has 1 amide bonds. The molecule has 0 aromatic rings. The molecule has 0 radical (unpaired) electrons. The third kappa shape index (κ3) is 5.44. The van der Waals surface area contributed by atoms with Crippen molar-refractivity contribution < 1.29 is 14.7 Å². The summed E-state index contributed by atoms with van der Waals surface area (Å²) in [4.78, 5) is 22.3. The van der Waals surface area contributed by atoms with E-state index >= 15 is 0 Å². The lowest BCUT2D eigenvalue weighted by Gasteiger charge is -2.12. The minimum absolute atomic E-state index is 0.0436. The first kappa shape index (κ1) is 14.4. The van der Waals surface area contributed by atoms with Gasteiger partial charge in [0, 0.05) is 6.04 Å². The minimum atomic E-state index is -0.737. The van der Waals surface area contributed by atoms with E-state index < -0.39 is 5.97 Å². The standard InChI is InChI=1S/C12H21NO3S/c1-2-3-6-17-8-11(14)13-10-5-4-9(7-10)12(15)16/h9-10H,2-8H2,1H3,(H,13,14)(H,15,16)/t9-,10+/m1/s1. The maximum Gasteiger partial charge on any atom is 0.306 e. The summed E-state index contributed by atoms with van der Waals surface area (Å²) < 4.78 is 0. The monoisotopic (exact) mass is 259 g/mol. The number of aliphatic carboxylic acids is 1. The third-order valence-corrected chi connectivity index (χ3v) is 4.07. The third-order valence-electron chi connectivity index (χ3n) is 3.02. The van der Waals surface area contributed by atoms with Crippen molar-refractivity contribution in [3.63, 3.8) is 0 Å². The van der Waals surface area contributed by atoms with Gasteiger partial charge in [-0.3, -0.25) is 9.59 Å². The number of rotatable bonds is 7. The van der Waals surface area contributed by atoms with Gasteiger partial charge in [0.1, 0.15) is 0 Å². The highest BCUT2D eigenvalue weighted by molar-refractivity contribution is 7.99. The van der Waals surface area contributed by atoms with Gasteiger partial charge in [0.05, 0.1) is 11.7 Å². The van der Waals surface area contributed by atoms with Gasteiger partial charge in [-0.05, 0) is 31.4 Å². The van der Waals surface area contributed by atoms with Crippen LogP contribution < -0.4 is 5.32 Å². The lowest BCUT2D eigenvalue weighted by Crippen LogP contribution is -2.34. The molecule has 5 heteroatoms. The molecule has 0 bridgehead atoms. The second-order valence-corrected chi connectivity index (χ2v) is 5.62. The largest absolute Gasteiger partial charge is 0.481 e. The number of amides is 1. The van der Waals surface area contributed by atoms with E-state index in [4.69, 9.17) is 5.11 Å². The predicted octanol–water partition coefficient (Wildman–Crippen LogP) is 1.89. The van der Waals surface area contributed by atoms with Crippen molar-refractivity contribution in [3.05, 3.63) is 0 Å². The second-order valence-electron chi connectivity index (χ2n) is 4.52. The number of unbranched alkanes of at least 4 members (excludes halogenated alkanes) is 1. The zero-order valence-corrected chi connectivity index (χ0v) is 11.1. The lowest BCUT2D eigenvalue weighted by molar-refractivity contribution is -0.141. The maximum atomic E-state index is 11.6. The van der Waals surface area contributed by atoms with Crippen LogP contribution in [0.5, 0.6) is 0 Å². The van der Waals surface area contributed by atoms with E-state index in [1.807, 2.05) is 0 Å². The molecule has 0 aliphatic heterocycles. The Morgan fingerprint density at radius 3 is 2.76 bits per heavy atom. The number of carbonyl (C=O) groups excluding carboxylic acids is 1. The molecule has 1 fully saturated rings. The van der Waals surface area contributed by atoms with Gasteiger partial charge in [0.15, 0.2) is 0 Å². The average molecular weight is 259 g/mol. The van der Waals surface area contributed by atoms with Gasteiger partial charge in [-0.2, -0.15) is 11.8 Å². The van der Waals surface area contributed by atoms with Gasteiger partial charge in [-0.1, -0.05) is 13.3 Å². The second kappa shape index (κ2) is 7.58. The molecule has 0 aromatic heterocycles. The van der Waals surface area contributed by atoms with Gasteiger partial charge in [-0.25, -0.2) is 0 Å². The fourth-order valence-corrected chi connectivity index (χ4v) is 2.92. The number of nitrogens with one attached hydrogen (secondary N) is 1. The molecule has 0 heterocycles. The highest BCUT2D eigenvalue weighted by atomic mass is 32.2. The Hall–Kier alpha value is -0.710. The van der Waals surface area contributed by atoms with Gasteiger partial charge >= 0.3 is 5.97 Å². The van der Waals surface area contributed by atoms with Crippen LogP contribution in [0.1, 0.15) is 39.0 Å². The molecule has 4 nitrogen and oxygen atoms in total. The fourth-order valence-electron chi connectivity index (χ4n) is 2.02. The first-order valence-corrected chi connectivity index (χ1v) is 7.38. The van der Waals surface area contributed by atoms with Crippen LogP contribution in [0.15, 0.2) is 0 Å². The average Bonchev–Trinajstić information content (AvgIpc) is 2.73. The summed E-state index contributed by atoms with van der Waals surface area (Å²) in [5, 5.41) is 11.8. The molecule has 1 aliphatic carbocycles. The van der Waals surface area contributed by atoms with Crippen LogP contribution in [-0.4, -0.2) is 34.5 Å². The van der Waals surface area contributed by atoms with Crippen molar-refractivity contribution in [3.8, 4) is 0 Å². The molecule has 2 N–H and O–H groups in total. The van der Waals surface area contributed by atoms with Gasteiger partial charge in [-0.15, -0.1) is 0 Å². The Bertz CT molecular complexity index is 270. The fraction of sp³-hybridized carbons (Fsp3) is 0.833. The van der Waals surface area contributed by atoms with E-state index in [2.05, 4.69) is 12.2 Å². The Morgan fingerprint density at radius 1 is 1.41 bits per heavy atom. The number of carboxylic acid groups (broad SMARTS) is 1. The molecule has 1 saturated carbocycles. The number of carbonyl (C=O) groups is 2. The summed E-state index contributed by atoms with van der Waals surface area (Å²) in [6.07, 6.45) is 4.35. The van der Waals surface area contributed by atoms with Crippen molar-refractivity contribution in [2.24, 2.45) is 5.92 Å². The van der Waals surface area contributed by atoms with Crippen molar-refractivity contribution in [2.45, 2.75) is 45.1 Å². The molecule has 2 atom stereocenters. The van der Waals surface area contributed by atoms with E-state index in [1.54, 1.807) is 11.8 Å². The van der Waals surface area contributed by atoms with Crippen LogP contribution >= 0.6 is 11.8 Å². The van der Waals surface area contributed by atoms with E-state index in [-0.39, 0.29) is 17.9 Å². The molecule has 1 rings (SSSR count). The zero-order chi connectivity index (χ0) is 12.7. The molecule has 17 heavy (non-hydrogen) atoms. The normalized spacial score (nSPS) is 23.6. The van der Waals surface area contributed by atoms with Crippen LogP contribution in [-0.2, 0) is 9.59 Å². The van der Waals surface area contributed by atoms with Crippen molar-refractivity contribution >= 4 is 23.6 Å². The van der Waals surface area contributed by atoms with E-state index in [1.165, 1.54) is 0 Å². The molecule has 0 unspecified atom stereocenters. The molecule has 1 aliphatic rings. The summed E-state index contributed by atoms with van der Waals surface area (Å²) in [7, 11) is 0. The summed E-state index contributed by atoms with van der Waals surface area (Å²) in [5.74, 6) is 0.551. The van der Waals surface area contributed by atoms with Crippen LogP contribution in [0.4, 0.5) is 0 Å². The van der Waals surface area contributed by atoms with Crippen molar-refractivity contribution in [1.82, 2.24) is 5.32 Å². The molecule has 98 valence electrons. The maximum absolute atomic E-state index is 11.6. The Morgan fingerprint density at radius 2 is 2.18 bits per heavy atom. The molecule has 0 saturated heterocycles. The van der Waals surface area contributed by atoms with E-state index in [0.29, 0.717) is 18.6 Å². The summed E-state index contributed by atoms with van der Waals surface area (Å²) in [6.45, 7) is 2.13. The molecular formula is C12H21NO3S. The van der Waals surface area contributed by atoms with Crippen LogP contribution in [0.2, 0.25) is 0 Å². The summed E-state index contributed by atoms with van der Waals surface area (Å²) in [5.41, 5.74) is 0. The van der Waals surface area contributed by atoms with Gasteiger partial charge < -0.3 is 10.4 Å². The first-order chi connectivity index (χ1) is 8.13. The van der Waals surface area contributed by atoms with Crippen LogP contribution in [0.25, 0.3) is 0 Å². The Kier molecular flexibility index (Phi) is 6.40. The minimum Gasteiger partial charge on any atom is -0.481 e. The lowest BCUT2D eigenvalue weighted by atomic mass is 10.1. The molecule has 0 aromatic carbocycles. The summed E-state index contributed by atoms with van der Waals surface area (Å²) >= 11 is 1.65. The molecule has 0 spiro atoms. The smallest absolute Gasteiger partial charge is 0.306 e. The summed E-state index contributed by atoms with van der Waals surface area (Å²) in [6, 6.07) is 0.0652. The Balaban J connectivity index is 2.13. The Labute approximate surface area is 107 Å². The highest BCUT2D eigenvalue weighted by Crippen LogP contribution is 2.25. The number of carboxylic acids is 1. The van der Waals surface area contributed by atoms with E-state index in [9.17, 15) is 9.59 Å². The predicted molar refractivity (Wildman–Crippen MR) is 69.1 cm³/mol. The van der Waals surface area contributed by atoms with E-state index in [0.717, 1.165) is 25.0 Å². The van der Waals surface area contributed by atoms with Crippen molar-refractivity contribution in [1.29, 1.82) is 0 Å². The number of hydrogen-bond donors (Lipinski definition) is 2. The SMILES string of the molecule is CCCCSCC(=O)N[C@H]1CC[C@@H](C(=O)O)C1. The van der Waals surface area contributed by atoms with Crippen LogP contribution in [0.3, 0.4) is 0 Å². The van der Waals surface area contributed by atoms with Crippen LogP contribution in [0, 0.1) is 5.92 Å².